The van der Waals surface area contributed by atoms with Crippen molar-refractivity contribution in [2.75, 3.05) is 13.4 Å². The van der Waals surface area contributed by atoms with Gasteiger partial charge in [0.2, 0.25) is 5.88 Å². The van der Waals surface area contributed by atoms with Gasteiger partial charge in [-0.1, -0.05) is 12.5 Å². The van der Waals surface area contributed by atoms with Gasteiger partial charge in [0.15, 0.2) is 0 Å². The molecule has 3 unspecified atom stereocenters. The molecule has 2 rings (SSSR count). The Bertz CT molecular complexity index is 557. The minimum absolute atomic E-state index is 0.0234. The smallest absolute Gasteiger partial charge is 0.212 e. The van der Waals surface area contributed by atoms with E-state index in [1.807, 2.05) is 12.1 Å². The molecule has 1 fully saturated rings. The van der Waals surface area contributed by atoms with Crippen molar-refractivity contribution in [3.05, 3.63) is 23.9 Å². The first-order valence-corrected chi connectivity index (χ1v) is 9.29. The van der Waals surface area contributed by atoms with Crippen molar-refractivity contribution < 1.29 is 13.2 Å². The summed E-state index contributed by atoms with van der Waals surface area (Å²) < 4.78 is 28.5. The van der Waals surface area contributed by atoms with Gasteiger partial charge in [-0.25, -0.2) is 13.4 Å². The molecular formula is C15H24N2O3S. The number of ether oxygens (including phenoxy) is 1. The molecule has 3 atom stereocenters. The van der Waals surface area contributed by atoms with Gasteiger partial charge in [0.05, 0.1) is 12.4 Å². The first kappa shape index (κ1) is 16.2. The van der Waals surface area contributed by atoms with Crippen LogP contribution >= 0.6 is 0 Å². The van der Waals surface area contributed by atoms with Crippen LogP contribution in [0.1, 0.15) is 31.2 Å². The molecule has 1 saturated carbocycles. The van der Waals surface area contributed by atoms with Crippen LogP contribution in [0.4, 0.5) is 0 Å². The van der Waals surface area contributed by atoms with Crippen molar-refractivity contribution in [2.24, 2.45) is 11.7 Å². The van der Waals surface area contributed by atoms with Gasteiger partial charge >= 0.3 is 0 Å². The number of hydrogen-bond donors (Lipinski definition) is 1. The second-order valence-corrected chi connectivity index (χ2v) is 8.28. The van der Waals surface area contributed by atoms with E-state index in [-0.39, 0.29) is 17.2 Å². The lowest BCUT2D eigenvalue weighted by Crippen LogP contribution is -2.38. The summed E-state index contributed by atoms with van der Waals surface area (Å²) in [5, 5.41) is -0.226. The zero-order valence-corrected chi connectivity index (χ0v) is 13.5. The van der Waals surface area contributed by atoms with E-state index in [0.29, 0.717) is 12.3 Å². The third kappa shape index (κ3) is 4.41. The van der Waals surface area contributed by atoms with Crippen LogP contribution in [-0.2, 0) is 16.3 Å². The second-order valence-electron chi connectivity index (χ2n) is 5.96. The summed E-state index contributed by atoms with van der Waals surface area (Å²) in [7, 11) is -1.37. The molecule has 5 nitrogen and oxygen atoms in total. The Hall–Kier alpha value is -1.14. The van der Waals surface area contributed by atoms with E-state index < -0.39 is 9.84 Å². The maximum Gasteiger partial charge on any atom is 0.212 e. The van der Waals surface area contributed by atoms with Crippen molar-refractivity contribution in [1.82, 2.24) is 4.98 Å². The number of nitrogens with zero attached hydrogens (tertiary/aromatic N) is 1. The van der Waals surface area contributed by atoms with Gasteiger partial charge in [-0.05, 0) is 37.2 Å². The minimum Gasteiger partial charge on any atom is -0.481 e. The monoisotopic (exact) mass is 312 g/mol. The van der Waals surface area contributed by atoms with Gasteiger partial charge in [-0.2, -0.15) is 0 Å². The highest BCUT2D eigenvalue weighted by molar-refractivity contribution is 7.91. The summed E-state index contributed by atoms with van der Waals surface area (Å²) in [5.41, 5.74) is 7.36. The molecule has 0 spiro atoms. The molecule has 1 aromatic heterocycles. The molecule has 0 amide bonds. The zero-order chi connectivity index (χ0) is 15.5. The van der Waals surface area contributed by atoms with E-state index in [1.54, 1.807) is 13.3 Å². The van der Waals surface area contributed by atoms with Gasteiger partial charge in [-0.15, -0.1) is 0 Å². The van der Waals surface area contributed by atoms with Crippen molar-refractivity contribution in [3.8, 4) is 5.88 Å². The van der Waals surface area contributed by atoms with Gasteiger partial charge in [-0.3, -0.25) is 0 Å². The number of pyridine rings is 1. The van der Waals surface area contributed by atoms with Crippen molar-refractivity contribution >= 4 is 9.84 Å². The highest BCUT2D eigenvalue weighted by Gasteiger charge is 2.31. The molecule has 0 bridgehead atoms. The fourth-order valence-corrected chi connectivity index (χ4v) is 4.24. The number of aromatic nitrogens is 1. The molecule has 1 heterocycles. The summed E-state index contributed by atoms with van der Waals surface area (Å²) in [6.07, 6.45) is 7.23. The summed E-state index contributed by atoms with van der Waals surface area (Å²) in [5.74, 6) is 0.850. The Kier molecular flexibility index (Phi) is 5.22. The molecule has 0 aromatic carbocycles. The van der Waals surface area contributed by atoms with E-state index in [9.17, 15) is 8.42 Å². The van der Waals surface area contributed by atoms with Crippen LogP contribution in [0.3, 0.4) is 0 Å². The third-order valence-electron chi connectivity index (χ3n) is 4.36. The maximum atomic E-state index is 11.7. The summed E-state index contributed by atoms with van der Waals surface area (Å²) in [6.45, 7) is 0. The molecule has 1 aromatic rings. The molecule has 118 valence electrons. The Morgan fingerprint density at radius 3 is 2.76 bits per heavy atom. The highest BCUT2D eigenvalue weighted by atomic mass is 32.2. The Labute approximate surface area is 126 Å². The number of hydrogen-bond acceptors (Lipinski definition) is 5. The first-order valence-electron chi connectivity index (χ1n) is 7.33. The fraction of sp³-hybridized carbons (Fsp3) is 0.667. The van der Waals surface area contributed by atoms with E-state index >= 15 is 0 Å². The molecule has 0 saturated heterocycles. The average molecular weight is 312 g/mol. The molecule has 2 N–H and O–H groups in total. The summed E-state index contributed by atoms with van der Waals surface area (Å²) >= 11 is 0. The van der Waals surface area contributed by atoms with Crippen LogP contribution in [0.25, 0.3) is 0 Å². The van der Waals surface area contributed by atoms with Crippen LogP contribution in [0.15, 0.2) is 18.3 Å². The standard InChI is InChI=1S/C15H24N2O3S/c1-20-15-7-6-11(10-17-15)8-14(16)12-4-3-5-13(9-12)21(2,18)19/h6-7,10,12-14H,3-5,8-9,16H2,1-2H3. The van der Waals surface area contributed by atoms with Crippen molar-refractivity contribution in [1.29, 1.82) is 0 Å². The van der Waals surface area contributed by atoms with Crippen LogP contribution in [0, 0.1) is 5.92 Å². The van der Waals surface area contributed by atoms with Crippen molar-refractivity contribution in [3.63, 3.8) is 0 Å². The van der Waals surface area contributed by atoms with E-state index in [2.05, 4.69) is 4.98 Å². The summed E-state index contributed by atoms with van der Waals surface area (Å²) in [4.78, 5) is 4.18. The third-order valence-corrected chi connectivity index (χ3v) is 5.99. The number of nitrogens with two attached hydrogens (primary N) is 1. The fourth-order valence-electron chi connectivity index (χ4n) is 3.05. The normalized spacial score (nSPS) is 24.5. The average Bonchev–Trinajstić information content (AvgIpc) is 2.47. The highest BCUT2D eigenvalue weighted by Crippen LogP contribution is 2.31. The van der Waals surface area contributed by atoms with Gasteiger partial charge in [0, 0.05) is 24.6 Å². The maximum absolute atomic E-state index is 11.7. The number of sulfone groups is 1. The van der Waals surface area contributed by atoms with E-state index in [1.165, 1.54) is 6.26 Å². The number of methoxy groups -OCH3 is 1. The molecule has 1 aliphatic rings. The molecule has 1 aliphatic carbocycles. The SMILES string of the molecule is COc1ccc(CC(N)C2CCCC(S(C)(=O)=O)C2)cn1. The lowest BCUT2D eigenvalue weighted by molar-refractivity contribution is 0.303. The Morgan fingerprint density at radius 2 is 2.19 bits per heavy atom. The largest absolute Gasteiger partial charge is 0.481 e. The van der Waals surface area contributed by atoms with Gasteiger partial charge < -0.3 is 10.5 Å². The van der Waals surface area contributed by atoms with E-state index in [4.69, 9.17) is 10.5 Å². The summed E-state index contributed by atoms with van der Waals surface area (Å²) in [6, 6.07) is 3.76. The van der Waals surface area contributed by atoms with E-state index in [0.717, 1.165) is 31.2 Å². The zero-order valence-electron chi connectivity index (χ0n) is 12.7. The predicted octanol–water partition coefficient (Wildman–Crippen LogP) is 1.56. The van der Waals surface area contributed by atoms with Crippen LogP contribution in [-0.4, -0.2) is 38.1 Å². The van der Waals surface area contributed by atoms with Crippen LogP contribution in [0.2, 0.25) is 0 Å². The molecule has 0 aliphatic heterocycles. The van der Waals surface area contributed by atoms with Crippen molar-refractivity contribution in [2.45, 2.75) is 43.4 Å². The lowest BCUT2D eigenvalue weighted by Gasteiger charge is -2.32. The molecule has 0 radical (unpaired) electrons. The van der Waals surface area contributed by atoms with Gasteiger partial charge in [0.1, 0.15) is 9.84 Å². The first-order chi connectivity index (χ1) is 9.90. The lowest BCUT2D eigenvalue weighted by atomic mass is 9.82. The molecule has 6 heteroatoms. The molecular weight excluding hydrogens is 288 g/mol. The Balaban J connectivity index is 1.97. The minimum atomic E-state index is -2.96. The van der Waals surface area contributed by atoms with Gasteiger partial charge in [0.25, 0.3) is 0 Å². The Morgan fingerprint density at radius 1 is 1.43 bits per heavy atom. The second kappa shape index (κ2) is 6.75. The predicted molar refractivity (Wildman–Crippen MR) is 83.1 cm³/mol. The van der Waals surface area contributed by atoms with Crippen LogP contribution < -0.4 is 10.5 Å². The topological polar surface area (TPSA) is 82.3 Å². The number of rotatable bonds is 5. The molecule has 21 heavy (non-hydrogen) atoms. The quantitative estimate of drug-likeness (QED) is 0.892. The van der Waals surface area contributed by atoms with Crippen LogP contribution in [0.5, 0.6) is 5.88 Å².